The Labute approximate surface area is 94.4 Å². The molecule has 1 unspecified atom stereocenters. The second-order valence-electron chi connectivity index (χ2n) is 5.79. The highest BCUT2D eigenvalue weighted by Crippen LogP contribution is 2.43. The van der Waals surface area contributed by atoms with E-state index in [2.05, 4.69) is 27.7 Å². The van der Waals surface area contributed by atoms with Crippen LogP contribution in [-0.4, -0.2) is 12.1 Å². The van der Waals surface area contributed by atoms with Gasteiger partial charge in [0.15, 0.2) is 0 Å². The first-order chi connectivity index (χ1) is 6.65. The molecule has 0 heterocycles. The number of rotatable bonds is 4. The van der Waals surface area contributed by atoms with E-state index in [-0.39, 0.29) is 22.9 Å². The van der Waals surface area contributed by atoms with E-state index >= 15 is 0 Å². The highest BCUT2D eigenvalue weighted by Gasteiger charge is 2.44. The van der Waals surface area contributed by atoms with Gasteiger partial charge in [-0.2, -0.15) is 0 Å². The second kappa shape index (κ2) is 5.00. The topological polar surface area (TPSA) is 26.3 Å². The van der Waals surface area contributed by atoms with Crippen LogP contribution in [0.4, 0.5) is 0 Å². The first-order valence-corrected chi connectivity index (χ1v) is 5.86. The van der Waals surface area contributed by atoms with Crippen molar-refractivity contribution in [3.63, 3.8) is 0 Å². The largest absolute Gasteiger partial charge is 0.463 e. The van der Waals surface area contributed by atoms with Gasteiger partial charge in [-0.25, -0.2) is 0 Å². The zero-order chi connectivity index (χ0) is 12.3. The monoisotopic (exact) mass is 214 g/mol. The summed E-state index contributed by atoms with van der Waals surface area (Å²) in [6, 6.07) is 0. The van der Waals surface area contributed by atoms with Gasteiger partial charge in [-0.1, -0.05) is 34.1 Å². The van der Waals surface area contributed by atoms with E-state index < -0.39 is 0 Å². The summed E-state index contributed by atoms with van der Waals surface area (Å²) in [4.78, 5) is 12.1. The maximum absolute atomic E-state index is 12.1. The lowest BCUT2D eigenvalue weighted by Crippen LogP contribution is -2.42. The van der Waals surface area contributed by atoms with Crippen LogP contribution in [0.15, 0.2) is 0 Å². The molecule has 0 fully saturated rings. The Morgan fingerprint density at radius 1 is 1.20 bits per heavy atom. The minimum Gasteiger partial charge on any atom is -0.463 e. The molecule has 0 aliphatic rings. The van der Waals surface area contributed by atoms with Crippen molar-refractivity contribution in [2.24, 2.45) is 10.8 Å². The summed E-state index contributed by atoms with van der Waals surface area (Å²) in [7, 11) is 0. The van der Waals surface area contributed by atoms with Gasteiger partial charge in [-0.05, 0) is 32.6 Å². The molecule has 0 aliphatic heterocycles. The fourth-order valence-corrected chi connectivity index (χ4v) is 1.63. The van der Waals surface area contributed by atoms with E-state index in [1.807, 2.05) is 20.8 Å². The molecule has 0 rings (SSSR count). The molecule has 0 bridgehead atoms. The maximum Gasteiger partial charge on any atom is 0.312 e. The first kappa shape index (κ1) is 14.5. The third-order valence-electron chi connectivity index (χ3n) is 3.20. The summed E-state index contributed by atoms with van der Waals surface area (Å²) < 4.78 is 5.36. The smallest absolute Gasteiger partial charge is 0.312 e. The molecule has 0 aromatic carbocycles. The van der Waals surface area contributed by atoms with Crippen molar-refractivity contribution in [2.45, 2.75) is 67.4 Å². The predicted octanol–water partition coefficient (Wildman–Crippen LogP) is 3.79. The van der Waals surface area contributed by atoms with Crippen molar-refractivity contribution >= 4 is 5.97 Å². The van der Waals surface area contributed by atoms with Crippen LogP contribution in [0.5, 0.6) is 0 Å². The summed E-state index contributed by atoms with van der Waals surface area (Å²) >= 11 is 0. The Hall–Kier alpha value is -0.530. The highest BCUT2D eigenvalue weighted by atomic mass is 16.5. The van der Waals surface area contributed by atoms with E-state index in [4.69, 9.17) is 4.74 Å². The van der Waals surface area contributed by atoms with Crippen LogP contribution in [0.1, 0.15) is 61.3 Å². The number of hydrogen-bond acceptors (Lipinski definition) is 2. The standard InChI is InChI=1S/C13H26O2/c1-8-9-13(7,12(4,5)6)11(14)15-10(2)3/h10H,8-9H2,1-7H3. The first-order valence-electron chi connectivity index (χ1n) is 5.86. The Morgan fingerprint density at radius 2 is 1.67 bits per heavy atom. The summed E-state index contributed by atoms with van der Waals surface area (Å²) in [6.07, 6.45) is 1.85. The molecular weight excluding hydrogens is 188 g/mol. The van der Waals surface area contributed by atoms with Gasteiger partial charge >= 0.3 is 5.97 Å². The molecule has 0 aromatic heterocycles. The SMILES string of the molecule is CCCC(C)(C(=O)OC(C)C)C(C)(C)C. The van der Waals surface area contributed by atoms with Crippen molar-refractivity contribution in [3.8, 4) is 0 Å². The molecule has 0 N–H and O–H groups in total. The van der Waals surface area contributed by atoms with Crippen LogP contribution in [0.3, 0.4) is 0 Å². The van der Waals surface area contributed by atoms with Crippen LogP contribution < -0.4 is 0 Å². The van der Waals surface area contributed by atoms with E-state index in [0.29, 0.717) is 0 Å². The van der Waals surface area contributed by atoms with Crippen LogP contribution in [0.25, 0.3) is 0 Å². The summed E-state index contributed by atoms with van der Waals surface area (Å²) in [6.45, 7) is 14.2. The molecule has 0 spiro atoms. The number of hydrogen-bond donors (Lipinski definition) is 0. The Morgan fingerprint density at radius 3 is 1.93 bits per heavy atom. The quantitative estimate of drug-likeness (QED) is 0.665. The van der Waals surface area contributed by atoms with E-state index in [0.717, 1.165) is 12.8 Å². The summed E-state index contributed by atoms with van der Waals surface area (Å²) in [5.41, 5.74) is -0.443. The molecule has 0 radical (unpaired) electrons. The minimum atomic E-state index is -0.383. The van der Waals surface area contributed by atoms with E-state index in [9.17, 15) is 4.79 Å². The lowest BCUT2D eigenvalue weighted by molar-refractivity contribution is -0.166. The fourth-order valence-electron chi connectivity index (χ4n) is 1.63. The second-order valence-corrected chi connectivity index (χ2v) is 5.79. The molecule has 0 saturated heterocycles. The molecule has 90 valence electrons. The van der Waals surface area contributed by atoms with Gasteiger partial charge in [0.05, 0.1) is 11.5 Å². The third kappa shape index (κ3) is 3.51. The van der Waals surface area contributed by atoms with E-state index in [1.54, 1.807) is 0 Å². The summed E-state index contributed by atoms with van der Waals surface area (Å²) in [5, 5.41) is 0. The van der Waals surface area contributed by atoms with Crippen LogP contribution in [0.2, 0.25) is 0 Å². The van der Waals surface area contributed by atoms with Gasteiger partial charge in [0.25, 0.3) is 0 Å². The molecule has 0 aromatic rings. The van der Waals surface area contributed by atoms with Crippen molar-refractivity contribution in [3.05, 3.63) is 0 Å². The van der Waals surface area contributed by atoms with Crippen molar-refractivity contribution < 1.29 is 9.53 Å². The Bertz CT molecular complexity index is 213. The van der Waals surface area contributed by atoms with Crippen LogP contribution in [0, 0.1) is 10.8 Å². The molecule has 2 heteroatoms. The molecule has 0 saturated carbocycles. The lowest BCUT2D eigenvalue weighted by Gasteiger charge is -2.40. The number of esters is 1. The van der Waals surface area contributed by atoms with Gasteiger partial charge in [0.1, 0.15) is 0 Å². The molecule has 0 aliphatic carbocycles. The Kier molecular flexibility index (Phi) is 4.82. The van der Waals surface area contributed by atoms with Crippen molar-refractivity contribution in [1.29, 1.82) is 0 Å². The zero-order valence-electron chi connectivity index (χ0n) is 11.3. The number of carbonyl (C=O) groups is 1. The minimum absolute atomic E-state index is 0.0315. The number of carbonyl (C=O) groups excluding carboxylic acids is 1. The average molecular weight is 214 g/mol. The average Bonchev–Trinajstić information content (AvgIpc) is 2.00. The van der Waals surface area contributed by atoms with Gasteiger partial charge in [0, 0.05) is 0 Å². The summed E-state index contributed by atoms with van der Waals surface area (Å²) in [5.74, 6) is -0.0631. The number of ether oxygens (including phenoxy) is 1. The van der Waals surface area contributed by atoms with Gasteiger partial charge in [-0.15, -0.1) is 0 Å². The van der Waals surface area contributed by atoms with Crippen LogP contribution in [-0.2, 0) is 9.53 Å². The van der Waals surface area contributed by atoms with Gasteiger partial charge in [-0.3, -0.25) is 4.79 Å². The van der Waals surface area contributed by atoms with Crippen LogP contribution >= 0.6 is 0 Å². The third-order valence-corrected chi connectivity index (χ3v) is 3.20. The molecule has 0 amide bonds. The molecule has 1 atom stereocenters. The van der Waals surface area contributed by atoms with E-state index in [1.165, 1.54) is 0 Å². The lowest BCUT2D eigenvalue weighted by atomic mass is 9.65. The molecule has 2 nitrogen and oxygen atoms in total. The van der Waals surface area contributed by atoms with Crippen molar-refractivity contribution in [2.75, 3.05) is 0 Å². The predicted molar refractivity (Wildman–Crippen MR) is 63.7 cm³/mol. The molecule has 15 heavy (non-hydrogen) atoms. The Balaban J connectivity index is 4.87. The van der Waals surface area contributed by atoms with Gasteiger partial charge in [0.2, 0.25) is 0 Å². The molecular formula is C13H26O2. The highest BCUT2D eigenvalue weighted by molar-refractivity contribution is 5.77. The van der Waals surface area contributed by atoms with Gasteiger partial charge < -0.3 is 4.74 Å². The fraction of sp³-hybridized carbons (Fsp3) is 0.923. The maximum atomic E-state index is 12.1. The normalized spacial score (nSPS) is 16.3. The zero-order valence-corrected chi connectivity index (χ0v) is 11.3. The van der Waals surface area contributed by atoms with Crippen molar-refractivity contribution in [1.82, 2.24) is 0 Å².